The molecule has 0 unspecified atom stereocenters. The lowest BCUT2D eigenvalue weighted by molar-refractivity contribution is -0.114. The number of rotatable bonds is 2. The molecule has 0 aromatic carbocycles. The highest BCUT2D eigenvalue weighted by Gasteiger charge is 2.05. The molecule has 2 heteroatoms. The van der Waals surface area contributed by atoms with Gasteiger partial charge in [-0.05, 0) is 12.0 Å². The van der Waals surface area contributed by atoms with E-state index in [1.54, 1.807) is 6.08 Å². The Morgan fingerprint density at radius 3 is 2.92 bits per heavy atom. The van der Waals surface area contributed by atoms with Gasteiger partial charge < -0.3 is 5.32 Å². The van der Waals surface area contributed by atoms with Crippen molar-refractivity contribution in [1.82, 2.24) is 5.32 Å². The second-order valence-corrected chi connectivity index (χ2v) is 3.35. The zero-order chi connectivity index (χ0) is 8.97. The fourth-order valence-corrected chi connectivity index (χ4v) is 1.03. The summed E-state index contributed by atoms with van der Waals surface area (Å²) in [6, 6.07) is 0. The Balaban J connectivity index is 2.57. The predicted molar refractivity (Wildman–Crippen MR) is 49.7 cm³/mol. The van der Waals surface area contributed by atoms with Crippen LogP contribution in [0.25, 0.3) is 0 Å². The van der Waals surface area contributed by atoms with Gasteiger partial charge in [0.2, 0.25) is 0 Å². The second kappa shape index (κ2) is 4.10. The van der Waals surface area contributed by atoms with Crippen molar-refractivity contribution in [2.75, 3.05) is 6.54 Å². The summed E-state index contributed by atoms with van der Waals surface area (Å²) in [7, 11) is 0. The molecule has 0 bridgehead atoms. The van der Waals surface area contributed by atoms with Gasteiger partial charge in [0.05, 0.1) is 0 Å². The molecule has 0 spiro atoms. The molecule has 1 N–H and O–H groups in total. The minimum Gasteiger partial charge on any atom is -0.384 e. The molecule has 1 heterocycles. The fourth-order valence-electron chi connectivity index (χ4n) is 1.03. The van der Waals surface area contributed by atoms with Crippen LogP contribution in [0.4, 0.5) is 0 Å². The number of hydrogen-bond acceptors (Lipinski definition) is 2. The highest BCUT2D eigenvalue weighted by molar-refractivity contribution is 5.91. The van der Waals surface area contributed by atoms with Crippen molar-refractivity contribution in [1.29, 1.82) is 0 Å². The van der Waals surface area contributed by atoms with Gasteiger partial charge in [-0.3, -0.25) is 4.79 Å². The molecule has 1 rings (SSSR count). The van der Waals surface area contributed by atoms with Crippen molar-refractivity contribution in [2.45, 2.75) is 20.3 Å². The Morgan fingerprint density at radius 2 is 2.33 bits per heavy atom. The first-order chi connectivity index (χ1) is 5.68. The third-order valence-corrected chi connectivity index (χ3v) is 1.68. The number of carbonyl (C=O) groups is 1. The molecule has 0 radical (unpaired) electrons. The summed E-state index contributed by atoms with van der Waals surface area (Å²) in [6.07, 6.45) is 6.35. The van der Waals surface area contributed by atoms with Gasteiger partial charge in [0.1, 0.15) is 0 Å². The van der Waals surface area contributed by atoms with Crippen LogP contribution in [0.15, 0.2) is 23.9 Å². The predicted octanol–water partition coefficient (Wildman–Crippen LogP) is 1.64. The molecule has 0 saturated carbocycles. The molecule has 0 aromatic heterocycles. The summed E-state index contributed by atoms with van der Waals surface area (Å²) >= 11 is 0. The van der Waals surface area contributed by atoms with E-state index >= 15 is 0 Å². The third-order valence-electron chi connectivity index (χ3n) is 1.68. The van der Waals surface area contributed by atoms with Crippen LogP contribution >= 0.6 is 0 Å². The maximum atomic E-state index is 11.0. The van der Waals surface area contributed by atoms with Crippen molar-refractivity contribution >= 4 is 5.78 Å². The van der Waals surface area contributed by atoms with Crippen LogP contribution in [0.1, 0.15) is 20.3 Å². The van der Waals surface area contributed by atoms with E-state index in [9.17, 15) is 4.79 Å². The van der Waals surface area contributed by atoms with E-state index in [-0.39, 0.29) is 5.78 Å². The Hall–Kier alpha value is -1.05. The van der Waals surface area contributed by atoms with Crippen LogP contribution in [0.3, 0.4) is 0 Å². The highest BCUT2D eigenvalue weighted by atomic mass is 16.1. The quantitative estimate of drug-likeness (QED) is 0.674. The lowest BCUT2D eigenvalue weighted by Gasteiger charge is -2.11. The largest absolute Gasteiger partial charge is 0.384 e. The minimum absolute atomic E-state index is 0.220. The van der Waals surface area contributed by atoms with Crippen molar-refractivity contribution in [3.63, 3.8) is 0 Å². The molecule has 0 aliphatic carbocycles. The first-order valence-electron chi connectivity index (χ1n) is 4.35. The van der Waals surface area contributed by atoms with Gasteiger partial charge in [0.15, 0.2) is 5.78 Å². The average Bonchev–Trinajstić information content (AvgIpc) is 2.01. The third kappa shape index (κ3) is 2.91. The molecule has 12 heavy (non-hydrogen) atoms. The van der Waals surface area contributed by atoms with Crippen molar-refractivity contribution < 1.29 is 4.79 Å². The molecule has 0 fully saturated rings. The van der Waals surface area contributed by atoms with Crippen LogP contribution < -0.4 is 5.32 Å². The summed E-state index contributed by atoms with van der Waals surface area (Å²) in [5.74, 6) is 0.752. The average molecular weight is 165 g/mol. The molecule has 66 valence electrons. The summed E-state index contributed by atoms with van der Waals surface area (Å²) < 4.78 is 0. The normalized spacial score (nSPS) is 18.2. The molecule has 1 aliphatic rings. The molecule has 2 nitrogen and oxygen atoms in total. The Kier molecular flexibility index (Phi) is 3.09. The lowest BCUT2D eigenvalue weighted by Crippen LogP contribution is -2.22. The fraction of sp³-hybridized carbons (Fsp3) is 0.500. The lowest BCUT2D eigenvalue weighted by atomic mass is 10.1. The SMILES string of the molecule is CC(C)C=CC1=CC(=O)CCN1. The molecule has 0 amide bonds. The Morgan fingerprint density at radius 1 is 1.58 bits per heavy atom. The van der Waals surface area contributed by atoms with E-state index in [1.165, 1.54) is 0 Å². The van der Waals surface area contributed by atoms with E-state index in [2.05, 4.69) is 25.2 Å². The van der Waals surface area contributed by atoms with Gasteiger partial charge in [-0.1, -0.05) is 19.9 Å². The van der Waals surface area contributed by atoms with Crippen LogP contribution in [0, 0.1) is 5.92 Å². The highest BCUT2D eigenvalue weighted by Crippen LogP contribution is 2.03. The Labute approximate surface area is 73.4 Å². The van der Waals surface area contributed by atoms with Gasteiger partial charge in [-0.25, -0.2) is 0 Å². The number of ketones is 1. The topological polar surface area (TPSA) is 29.1 Å². The molecular formula is C10H15NO. The van der Waals surface area contributed by atoms with Crippen molar-refractivity contribution in [3.05, 3.63) is 23.9 Å². The monoisotopic (exact) mass is 165 g/mol. The molecule has 1 aliphatic heterocycles. The van der Waals surface area contributed by atoms with Gasteiger partial charge >= 0.3 is 0 Å². The van der Waals surface area contributed by atoms with E-state index in [4.69, 9.17) is 0 Å². The standard InChI is InChI=1S/C10H15NO/c1-8(2)3-4-9-7-10(12)5-6-11-9/h3-4,7-8,11H,5-6H2,1-2H3. The summed E-state index contributed by atoms with van der Waals surface area (Å²) in [5, 5.41) is 3.16. The second-order valence-electron chi connectivity index (χ2n) is 3.35. The van der Waals surface area contributed by atoms with Crippen LogP contribution in [0.5, 0.6) is 0 Å². The van der Waals surface area contributed by atoms with E-state index in [1.807, 2.05) is 6.08 Å². The molecular weight excluding hydrogens is 150 g/mol. The first-order valence-corrected chi connectivity index (χ1v) is 4.35. The van der Waals surface area contributed by atoms with Gasteiger partial charge in [0, 0.05) is 24.7 Å². The van der Waals surface area contributed by atoms with E-state index < -0.39 is 0 Å². The first kappa shape index (κ1) is 9.04. The zero-order valence-corrected chi connectivity index (χ0v) is 7.63. The summed E-state index contributed by atoms with van der Waals surface area (Å²) in [4.78, 5) is 11.0. The summed E-state index contributed by atoms with van der Waals surface area (Å²) in [5.41, 5.74) is 0.944. The number of allylic oxidation sites excluding steroid dienone is 3. The van der Waals surface area contributed by atoms with Crippen LogP contribution in [-0.2, 0) is 4.79 Å². The van der Waals surface area contributed by atoms with Crippen LogP contribution in [0.2, 0.25) is 0 Å². The number of nitrogens with one attached hydrogen (secondary N) is 1. The van der Waals surface area contributed by atoms with Crippen LogP contribution in [-0.4, -0.2) is 12.3 Å². The summed E-state index contributed by atoms with van der Waals surface area (Å²) in [6.45, 7) is 5.00. The smallest absolute Gasteiger partial charge is 0.159 e. The van der Waals surface area contributed by atoms with Gasteiger partial charge in [-0.15, -0.1) is 0 Å². The number of hydrogen-bond donors (Lipinski definition) is 1. The van der Waals surface area contributed by atoms with Crippen molar-refractivity contribution in [3.8, 4) is 0 Å². The number of carbonyl (C=O) groups excluding carboxylic acids is 1. The maximum Gasteiger partial charge on any atom is 0.159 e. The minimum atomic E-state index is 0.220. The van der Waals surface area contributed by atoms with Gasteiger partial charge in [0.25, 0.3) is 0 Å². The Bertz CT molecular complexity index is 226. The van der Waals surface area contributed by atoms with Crippen molar-refractivity contribution in [2.24, 2.45) is 5.92 Å². The molecule has 0 aromatic rings. The van der Waals surface area contributed by atoms with E-state index in [0.29, 0.717) is 12.3 Å². The van der Waals surface area contributed by atoms with Gasteiger partial charge in [-0.2, -0.15) is 0 Å². The zero-order valence-electron chi connectivity index (χ0n) is 7.63. The van der Waals surface area contributed by atoms with E-state index in [0.717, 1.165) is 12.2 Å². The molecule has 0 atom stereocenters. The molecule has 0 saturated heterocycles. The maximum absolute atomic E-state index is 11.0.